The number of aryl methyl sites for hydroxylation is 1. The second-order valence-corrected chi connectivity index (χ2v) is 5.70. The van der Waals surface area contributed by atoms with Gasteiger partial charge >= 0.3 is 0 Å². The Bertz CT molecular complexity index is 654. The van der Waals surface area contributed by atoms with Gasteiger partial charge in [0, 0.05) is 24.7 Å². The predicted octanol–water partition coefficient (Wildman–Crippen LogP) is 3.32. The van der Waals surface area contributed by atoms with E-state index in [1.54, 1.807) is 18.3 Å². The van der Waals surface area contributed by atoms with Crippen molar-refractivity contribution in [3.05, 3.63) is 59.8 Å². The fourth-order valence-corrected chi connectivity index (χ4v) is 2.24. The molecule has 2 amide bonds. The van der Waals surface area contributed by atoms with Crippen molar-refractivity contribution in [2.24, 2.45) is 0 Å². The fraction of sp³-hybridized carbons (Fsp3) is 0.316. The number of carbonyl (C=O) groups is 2. The molecular weight excluding hydrogens is 302 g/mol. The zero-order valence-electron chi connectivity index (χ0n) is 13.9. The Hall–Kier alpha value is -2.69. The van der Waals surface area contributed by atoms with Gasteiger partial charge in [0.1, 0.15) is 5.82 Å². The number of aromatic nitrogens is 1. The number of carbonyl (C=O) groups excluding carboxylic acids is 2. The molecule has 0 atom stereocenters. The average molecular weight is 325 g/mol. The lowest BCUT2D eigenvalue weighted by atomic mass is 10.1. The van der Waals surface area contributed by atoms with Crippen molar-refractivity contribution < 1.29 is 9.59 Å². The Morgan fingerprint density at radius 3 is 2.50 bits per heavy atom. The lowest BCUT2D eigenvalue weighted by Gasteiger charge is -2.06. The minimum atomic E-state index is -0.0529. The number of amides is 2. The summed E-state index contributed by atoms with van der Waals surface area (Å²) >= 11 is 0. The van der Waals surface area contributed by atoms with Gasteiger partial charge in [-0.3, -0.25) is 9.59 Å². The summed E-state index contributed by atoms with van der Waals surface area (Å²) in [6.07, 6.45) is 4.65. The van der Waals surface area contributed by atoms with Crippen LogP contribution in [0.5, 0.6) is 0 Å². The molecule has 0 unspecified atom stereocenters. The number of rotatable bonds is 8. The first-order chi connectivity index (χ1) is 11.6. The van der Waals surface area contributed by atoms with Crippen molar-refractivity contribution in [1.82, 2.24) is 10.3 Å². The molecule has 126 valence electrons. The van der Waals surface area contributed by atoms with Crippen LogP contribution in [0.1, 0.15) is 41.6 Å². The zero-order chi connectivity index (χ0) is 17.2. The summed E-state index contributed by atoms with van der Waals surface area (Å²) in [6, 6.07) is 12.9. The average Bonchev–Trinajstić information content (AvgIpc) is 2.59. The standard InChI is InChI=1S/C19H23N3O2/c1-15-9-11-16(12-10-15)19(24)21-14-5-2-3-8-18(23)22-17-7-4-6-13-20-17/h4,6-7,9-13H,2-3,5,8,14H2,1H3,(H,21,24)(H,20,22,23). The van der Waals surface area contributed by atoms with Crippen molar-refractivity contribution in [3.8, 4) is 0 Å². The van der Waals surface area contributed by atoms with Crippen LogP contribution < -0.4 is 10.6 Å². The Morgan fingerprint density at radius 2 is 1.79 bits per heavy atom. The van der Waals surface area contributed by atoms with E-state index in [4.69, 9.17) is 0 Å². The van der Waals surface area contributed by atoms with E-state index in [1.807, 2.05) is 37.3 Å². The van der Waals surface area contributed by atoms with E-state index in [9.17, 15) is 9.59 Å². The number of anilines is 1. The SMILES string of the molecule is Cc1ccc(C(=O)NCCCCCC(=O)Nc2ccccn2)cc1. The molecule has 2 aromatic rings. The molecule has 24 heavy (non-hydrogen) atoms. The number of hydrogen-bond acceptors (Lipinski definition) is 3. The van der Waals surface area contributed by atoms with E-state index < -0.39 is 0 Å². The van der Waals surface area contributed by atoms with Crippen LogP contribution in [0.25, 0.3) is 0 Å². The first-order valence-electron chi connectivity index (χ1n) is 8.21. The number of hydrogen-bond donors (Lipinski definition) is 2. The first kappa shape index (κ1) is 17.7. The summed E-state index contributed by atoms with van der Waals surface area (Å²) in [5, 5.41) is 5.65. The van der Waals surface area contributed by atoms with Gasteiger partial charge in [0.15, 0.2) is 0 Å². The fourth-order valence-electron chi connectivity index (χ4n) is 2.24. The minimum absolute atomic E-state index is 0.0302. The van der Waals surface area contributed by atoms with Gasteiger partial charge in [-0.15, -0.1) is 0 Å². The molecule has 1 heterocycles. The molecular formula is C19H23N3O2. The molecule has 0 aliphatic carbocycles. The second kappa shape index (κ2) is 9.45. The molecule has 2 rings (SSSR count). The minimum Gasteiger partial charge on any atom is -0.352 e. The van der Waals surface area contributed by atoms with Crippen LogP contribution in [-0.2, 0) is 4.79 Å². The molecule has 0 aliphatic rings. The lowest BCUT2D eigenvalue weighted by molar-refractivity contribution is -0.116. The smallest absolute Gasteiger partial charge is 0.251 e. The Balaban J connectivity index is 1.56. The molecule has 0 saturated heterocycles. The Morgan fingerprint density at radius 1 is 1.00 bits per heavy atom. The van der Waals surface area contributed by atoms with E-state index in [1.165, 1.54) is 0 Å². The van der Waals surface area contributed by atoms with Crippen LogP contribution >= 0.6 is 0 Å². The van der Waals surface area contributed by atoms with Crippen molar-refractivity contribution >= 4 is 17.6 Å². The summed E-state index contributed by atoms with van der Waals surface area (Å²) in [5.74, 6) is 0.494. The summed E-state index contributed by atoms with van der Waals surface area (Å²) in [5.41, 5.74) is 1.81. The van der Waals surface area contributed by atoms with Gasteiger partial charge in [-0.2, -0.15) is 0 Å². The van der Waals surface area contributed by atoms with Gasteiger partial charge < -0.3 is 10.6 Å². The monoisotopic (exact) mass is 325 g/mol. The zero-order valence-corrected chi connectivity index (χ0v) is 13.9. The maximum absolute atomic E-state index is 11.9. The Labute approximate surface area is 142 Å². The highest BCUT2D eigenvalue weighted by atomic mass is 16.2. The van der Waals surface area contributed by atoms with E-state index in [-0.39, 0.29) is 11.8 Å². The van der Waals surface area contributed by atoms with Gasteiger partial charge in [-0.1, -0.05) is 30.2 Å². The largest absolute Gasteiger partial charge is 0.352 e. The third-order valence-corrected chi connectivity index (χ3v) is 3.61. The van der Waals surface area contributed by atoms with Crippen LogP contribution in [-0.4, -0.2) is 23.3 Å². The van der Waals surface area contributed by atoms with E-state index >= 15 is 0 Å². The van der Waals surface area contributed by atoms with E-state index in [0.29, 0.717) is 24.3 Å². The van der Waals surface area contributed by atoms with Gasteiger partial charge in [-0.25, -0.2) is 4.98 Å². The van der Waals surface area contributed by atoms with E-state index in [2.05, 4.69) is 15.6 Å². The topological polar surface area (TPSA) is 71.1 Å². The van der Waals surface area contributed by atoms with Crippen molar-refractivity contribution in [2.45, 2.75) is 32.6 Å². The molecule has 1 aromatic carbocycles. The molecule has 2 N–H and O–H groups in total. The number of nitrogens with zero attached hydrogens (tertiary/aromatic N) is 1. The quantitative estimate of drug-likeness (QED) is 0.731. The molecule has 0 fully saturated rings. The highest BCUT2D eigenvalue weighted by Crippen LogP contribution is 2.05. The number of unbranched alkanes of at least 4 members (excludes halogenated alkanes) is 2. The van der Waals surface area contributed by atoms with Crippen molar-refractivity contribution in [2.75, 3.05) is 11.9 Å². The van der Waals surface area contributed by atoms with E-state index in [0.717, 1.165) is 24.8 Å². The second-order valence-electron chi connectivity index (χ2n) is 5.70. The predicted molar refractivity (Wildman–Crippen MR) is 94.8 cm³/mol. The van der Waals surface area contributed by atoms with Crippen LogP contribution in [0.2, 0.25) is 0 Å². The highest BCUT2D eigenvalue weighted by Gasteiger charge is 2.05. The van der Waals surface area contributed by atoms with Crippen LogP contribution in [0.15, 0.2) is 48.7 Å². The molecule has 0 aliphatic heterocycles. The lowest BCUT2D eigenvalue weighted by Crippen LogP contribution is -2.24. The normalized spacial score (nSPS) is 10.2. The molecule has 0 spiro atoms. The maximum atomic E-state index is 11.9. The third kappa shape index (κ3) is 6.20. The number of benzene rings is 1. The first-order valence-corrected chi connectivity index (χ1v) is 8.21. The van der Waals surface area contributed by atoms with Crippen molar-refractivity contribution in [3.63, 3.8) is 0 Å². The molecule has 0 bridgehead atoms. The number of pyridine rings is 1. The third-order valence-electron chi connectivity index (χ3n) is 3.61. The molecule has 5 nitrogen and oxygen atoms in total. The summed E-state index contributed by atoms with van der Waals surface area (Å²) in [4.78, 5) is 27.7. The maximum Gasteiger partial charge on any atom is 0.251 e. The summed E-state index contributed by atoms with van der Waals surface area (Å²) in [6.45, 7) is 2.61. The van der Waals surface area contributed by atoms with Crippen LogP contribution in [0.4, 0.5) is 5.82 Å². The summed E-state index contributed by atoms with van der Waals surface area (Å²) < 4.78 is 0. The van der Waals surface area contributed by atoms with Crippen LogP contribution in [0.3, 0.4) is 0 Å². The highest BCUT2D eigenvalue weighted by molar-refractivity contribution is 5.94. The van der Waals surface area contributed by atoms with Gasteiger partial charge in [0.25, 0.3) is 5.91 Å². The molecule has 0 radical (unpaired) electrons. The van der Waals surface area contributed by atoms with Crippen LogP contribution in [0, 0.1) is 6.92 Å². The Kier molecular flexibility index (Phi) is 6.95. The van der Waals surface area contributed by atoms with Gasteiger partial charge in [-0.05, 0) is 44.0 Å². The van der Waals surface area contributed by atoms with Gasteiger partial charge in [0.2, 0.25) is 5.91 Å². The van der Waals surface area contributed by atoms with Gasteiger partial charge in [0.05, 0.1) is 0 Å². The molecule has 5 heteroatoms. The molecule has 1 aromatic heterocycles. The number of nitrogens with one attached hydrogen (secondary N) is 2. The molecule has 0 saturated carbocycles. The summed E-state index contributed by atoms with van der Waals surface area (Å²) in [7, 11) is 0. The van der Waals surface area contributed by atoms with Crippen molar-refractivity contribution in [1.29, 1.82) is 0 Å².